The van der Waals surface area contributed by atoms with E-state index in [1.165, 1.54) is 0 Å². The van der Waals surface area contributed by atoms with Gasteiger partial charge in [-0.25, -0.2) is 0 Å². The average Bonchev–Trinajstić information content (AvgIpc) is 2.66. The number of nitrogens with one attached hydrogen (secondary N) is 1. The van der Waals surface area contributed by atoms with Gasteiger partial charge in [0.1, 0.15) is 23.7 Å². The van der Waals surface area contributed by atoms with E-state index in [1.54, 1.807) is 18.2 Å². The molecule has 2 heterocycles. The predicted octanol–water partition coefficient (Wildman–Crippen LogP) is 3.83. The van der Waals surface area contributed by atoms with Crippen LogP contribution in [-0.2, 0) is 6.61 Å². The second kappa shape index (κ2) is 7.62. The van der Waals surface area contributed by atoms with Crippen molar-refractivity contribution in [1.82, 2.24) is 15.0 Å². The van der Waals surface area contributed by atoms with Crippen molar-refractivity contribution in [2.75, 3.05) is 11.1 Å². The van der Waals surface area contributed by atoms with Crippen LogP contribution in [0.2, 0.25) is 0 Å². The first-order chi connectivity index (χ1) is 14.3. The zero-order chi connectivity index (χ0) is 21.3. The van der Waals surface area contributed by atoms with Gasteiger partial charge in [-0.1, -0.05) is 17.7 Å². The number of ether oxygens (including phenoxy) is 2. The Morgan fingerprint density at radius 1 is 1.13 bits per heavy atom. The summed E-state index contributed by atoms with van der Waals surface area (Å²) < 4.78 is 11.7. The van der Waals surface area contributed by atoms with Gasteiger partial charge in [0.05, 0.1) is 12.0 Å². The molecule has 0 unspecified atom stereocenters. The van der Waals surface area contributed by atoms with Gasteiger partial charge in [-0.05, 0) is 45.0 Å². The molecule has 0 aliphatic carbocycles. The number of nitrogens with two attached hydrogens (primary N) is 1. The van der Waals surface area contributed by atoms with Crippen LogP contribution in [-0.4, -0.2) is 26.3 Å². The number of aromatic nitrogens is 3. The molecule has 0 amide bonds. The highest BCUT2D eigenvalue weighted by Crippen LogP contribution is 2.35. The third-order valence-corrected chi connectivity index (χ3v) is 4.60. The van der Waals surface area contributed by atoms with Crippen molar-refractivity contribution in [3.8, 4) is 11.5 Å². The number of Topliss-reactive ketones (excluding diaryl/α,β-unsaturated/α-hetero) is 1. The number of hydrogen-bond acceptors (Lipinski definition) is 8. The van der Waals surface area contributed by atoms with Crippen molar-refractivity contribution in [2.24, 2.45) is 0 Å². The fourth-order valence-corrected chi connectivity index (χ4v) is 3.20. The lowest BCUT2D eigenvalue weighted by molar-refractivity contribution is 0.0618. The molecule has 0 atom stereocenters. The number of fused-ring (bicyclic) bond motifs is 1. The molecule has 1 aliphatic rings. The number of carbonyl (C=O) groups excluding carboxylic acids is 1. The SMILES string of the molecule is Cc1ccc(Nc2nc(N)nc(COc3ccc4c(c3)OC(C)(C)CC4=O)n2)cc1. The Hall–Kier alpha value is -3.68. The first kappa shape index (κ1) is 19.6. The van der Waals surface area contributed by atoms with Crippen LogP contribution in [0.15, 0.2) is 42.5 Å². The van der Waals surface area contributed by atoms with Crippen LogP contribution in [0.5, 0.6) is 11.5 Å². The molecule has 0 spiro atoms. The normalized spacial score (nSPS) is 14.6. The Balaban J connectivity index is 1.48. The molecule has 0 saturated carbocycles. The molecule has 1 aromatic heterocycles. The minimum atomic E-state index is -0.540. The number of nitrogens with zero attached hydrogens (tertiary/aromatic N) is 3. The van der Waals surface area contributed by atoms with Gasteiger partial charge in [0, 0.05) is 11.8 Å². The average molecular weight is 405 g/mol. The van der Waals surface area contributed by atoms with E-state index >= 15 is 0 Å². The number of hydrogen-bond donors (Lipinski definition) is 2. The number of ketones is 1. The van der Waals surface area contributed by atoms with Gasteiger partial charge in [0.25, 0.3) is 0 Å². The lowest BCUT2D eigenvalue weighted by Gasteiger charge is -2.31. The van der Waals surface area contributed by atoms with E-state index in [1.807, 2.05) is 45.0 Å². The van der Waals surface area contributed by atoms with E-state index in [2.05, 4.69) is 20.3 Å². The highest BCUT2D eigenvalue weighted by Gasteiger charge is 2.32. The van der Waals surface area contributed by atoms with Gasteiger partial charge in [-0.3, -0.25) is 4.79 Å². The molecule has 0 bridgehead atoms. The lowest BCUT2D eigenvalue weighted by atomic mass is 9.93. The van der Waals surface area contributed by atoms with Crippen molar-refractivity contribution in [3.05, 3.63) is 59.4 Å². The number of benzene rings is 2. The molecule has 0 radical (unpaired) electrons. The summed E-state index contributed by atoms with van der Waals surface area (Å²) in [7, 11) is 0. The van der Waals surface area contributed by atoms with Gasteiger partial charge >= 0.3 is 0 Å². The molecule has 4 rings (SSSR count). The van der Waals surface area contributed by atoms with E-state index in [4.69, 9.17) is 15.2 Å². The summed E-state index contributed by atoms with van der Waals surface area (Å²) in [6.45, 7) is 5.88. The van der Waals surface area contributed by atoms with Crippen LogP contribution in [0.1, 0.15) is 42.0 Å². The Bertz CT molecular complexity index is 1100. The van der Waals surface area contributed by atoms with E-state index in [-0.39, 0.29) is 18.3 Å². The summed E-state index contributed by atoms with van der Waals surface area (Å²) in [5.74, 6) is 1.94. The maximum absolute atomic E-state index is 12.3. The molecule has 2 aromatic carbocycles. The summed E-state index contributed by atoms with van der Waals surface area (Å²) in [6, 6.07) is 13.0. The maximum Gasteiger partial charge on any atom is 0.232 e. The Labute approximate surface area is 174 Å². The fraction of sp³-hybridized carbons (Fsp3) is 0.273. The minimum absolute atomic E-state index is 0.0601. The third kappa shape index (κ3) is 4.48. The second-order valence-corrected chi connectivity index (χ2v) is 7.83. The van der Waals surface area contributed by atoms with Gasteiger partial charge in [0.15, 0.2) is 11.6 Å². The fourth-order valence-electron chi connectivity index (χ4n) is 3.20. The quantitative estimate of drug-likeness (QED) is 0.659. The van der Waals surface area contributed by atoms with E-state index < -0.39 is 5.60 Å². The van der Waals surface area contributed by atoms with Gasteiger partial charge in [-0.15, -0.1) is 0 Å². The first-order valence-corrected chi connectivity index (χ1v) is 9.61. The summed E-state index contributed by atoms with van der Waals surface area (Å²) >= 11 is 0. The summed E-state index contributed by atoms with van der Waals surface area (Å²) in [6.07, 6.45) is 0.348. The van der Waals surface area contributed by atoms with Crippen LogP contribution < -0.4 is 20.5 Å². The van der Waals surface area contributed by atoms with Crippen LogP contribution in [0.25, 0.3) is 0 Å². The Kier molecular flexibility index (Phi) is 4.99. The molecular weight excluding hydrogens is 382 g/mol. The summed E-state index contributed by atoms with van der Waals surface area (Å²) in [5.41, 5.74) is 7.85. The summed E-state index contributed by atoms with van der Waals surface area (Å²) in [4.78, 5) is 24.9. The standard InChI is InChI=1S/C22H23N5O3/c1-13-4-6-14(7-5-13)24-21-26-19(25-20(23)27-21)12-29-15-8-9-16-17(28)11-22(2,3)30-18(16)10-15/h4-10H,11-12H2,1-3H3,(H3,23,24,25,26,27). The monoisotopic (exact) mass is 405 g/mol. The topological polar surface area (TPSA) is 112 Å². The highest BCUT2D eigenvalue weighted by molar-refractivity contribution is 6.00. The number of nitrogen functional groups attached to an aromatic ring is 1. The third-order valence-electron chi connectivity index (χ3n) is 4.60. The Morgan fingerprint density at radius 2 is 1.90 bits per heavy atom. The van der Waals surface area contributed by atoms with Crippen molar-refractivity contribution in [3.63, 3.8) is 0 Å². The van der Waals surface area contributed by atoms with Crippen molar-refractivity contribution in [1.29, 1.82) is 0 Å². The smallest absolute Gasteiger partial charge is 0.232 e. The van der Waals surface area contributed by atoms with Crippen molar-refractivity contribution in [2.45, 2.75) is 39.4 Å². The van der Waals surface area contributed by atoms with Gasteiger partial charge in [-0.2, -0.15) is 15.0 Å². The first-order valence-electron chi connectivity index (χ1n) is 9.61. The zero-order valence-electron chi connectivity index (χ0n) is 17.1. The molecule has 154 valence electrons. The van der Waals surface area contributed by atoms with Crippen molar-refractivity contribution < 1.29 is 14.3 Å². The number of aryl methyl sites for hydroxylation is 1. The van der Waals surface area contributed by atoms with E-state index in [0.717, 1.165) is 11.3 Å². The predicted molar refractivity (Wildman–Crippen MR) is 113 cm³/mol. The minimum Gasteiger partial charge on any atom is -0.486 e. The number of rotatable bonds is 5. The van der Waals surface area contributed by atoms with Crippen LogP contribution in [0.4, 0.5) is 17.6 Å². The Morgan fingerprint density at radius 3 is 2.67 bits per heavy atom. The molecule has 0 fully saturated rings. The van der Waals surface area contributed by atoms with Gasteiger partial charge < -0.3 is 20.5 Å². The largest absolute Gasteiger partial charge is 0.486 e. The molecule has 8 heteroatoms. The van der Waals surface area contributed by atoms with Gasteiger partial charge in [0.2, 0.25) is 11.9 Å². The van der Waals surface area contributed by atoms with E-state index in [9.17, 15) is 4.79 Å². The number of anilines is 3. The van der Waals surface area contributed by atoms with E-state index in [0.29, 0.717) is 35.3 Å². The van der Waals surface area contributed by atoms with Crippen LogP contribution in [0.3, 0.4) is 0 Å². The molecular formula is C22H23N5O3. The number of carbonyl (C=O) groups is 1. The highest BCUT2D eigenvalue weighted by atomic mass is 16.5. The van der Waals surface area contributed by atoms with Crippen molar-refractivity contribution >= 4 is 23.4 Å². The second-order valence-electron chi connectivity index (χ2n) is 7.83. The maximum atomic E-state index is 12.3. The lowest BCUT2D eigenvalue weighted by Crippen LogP contribution is -2.35. The molecule has 3 N–H and O–H groups in total. The molecule has 3 aromatic rings. The van der Waals surface area contributed by atoms with Crippen LogP contribution >= 0.6 is 0 Å². The molecule has 30 heavy (non-hydrogen) atoms. The molecule has 8 nitrogen and oxygen atoms in total. The van der Waals surface area contributed by atoms with Crippen LogP contribution in [0, 0.1) is 6.92 Å². The molecule has 1 aliphatic heterocycles. The molecule has 0 saturated heterocycles. The zero-order valence-corrected chi connectivity index (χ0v) is 17.1. The summed E-state index contributed by atoms with van der Waals surface area (Å²) in [5, 5.41) is 3.11.